The first-order chi connectivity index (χ1) is 13.5. The van der Waals surface area contributed by atoms with E-state index >= 15 is 0 Å². The fourth-order valence-corrected chi connectivity index (χ4v) is 8.13. The Bertz CT molecular complexity index is 408. The van der Waals surface area contributed by atoms with Gasteiger partial charge in [-0.05, 0) is 60.2 Å². The minimum Gasteiger partial charge on any atom is -0.0654 e. The maximum Gasteiger partial charge on any atom is -0.0184 e. The molecule has 0 heterocycles. The van der Waals surface area contributed by atoms with E-state index in [-0.39, 0.29) is 0 Å². The molecule has 2 aliphatic rings. The summed E-state index contributed by atoms with van der Waals surface area (Å²) in [5.41, 5.74) is 1.31. The van der Waals surface area contributed by atoms with Crippen molar-refractivity contribution in [3.05, 3.63) is 0 Å². The lowest BCUT2D eigenvalue weighted by Crippen LogP contribution is -2.51. The minimum absolute atomic E-state index is 0.642. The molecule has 0 aromatic heterocycles. The third kappa shape index (κ3) is 4.83. The average Bonchev–Trinajstić information content (AvgIpc) is 3.26. The van der Waals surface area contributed by atoms with Crippen LogP contribution in [0.4, 0.5) is 0 Å². The van der Waals surface area contributed by atoms with Crippen LogP contribution in [0.3, 0.4) is 0 Å². The highest BCUT2D eigenvalue weighted by Gasteiger charge is 2.65. The Morgan fingerprint density at radius 1 is 0.643 bits per heavy atom. The fourth-order valence-electron chi connectivity index (χ4n) is 8.13. The van der Waals surface area contributed by atoms with Crippen molar-refractivity contribution in [2.45, 2.75) is 144 Å². The van der Waals surface area contributed by atoms with Crippen molar-refractivity contribution in [1.82, 2.24) is 0 Å². The van der Waals surface area contributed by atoms with Crippen molar-refractivity contribution in [3.8, 4) is 0 Å². The molecule has 2 bridgehead atoms. The second-order valence-corrected chi connectivity index (χ2v) is 11.2. The second kappa shape index (κ2) is 11.4. The molecule has 2 aliphatic carbocycles. The van der Waals surface area contributed by atoms with Crippen molar-refractivity contribution in [2.75, 3.05) is 0 Å². The van der Waals surface area contributed by atoms with Crippen molar-refractivity contribution < 1.29 is 0 Å². The molecule has 0 amide bonds. The number of fused-ring (bicyclic) bond motifs is 2. The van der Waals surface area contributed by atoms with Gasteiger partial charge in [-0.3, -0.25) is 0 Å². The van der Waals surface area contributed by atoms with Crippen molar-refractivity contribution in [3.63, 3.8) is 0 Å². The summed E-state index contributed by atoms with van der Waals surface area (Å²) in [6.07, 6.45) is 23.5. The minimum atomic E-state index is 0.642. The molecule has 0 aromatic rings. The molecule has 0 aliphatic heterocycles. The standard InChI is InChI=1S/C28H54/c1-7-10-13-16-23(4)27-20-19-26(21-27)22-28(27,24(5)17-14-11-8-2)25(6)18-15-12-9-3/h23-26H,7-22H2,1-6H3. The number of hydrogen-bond donors (Lipinski definition) is 0. The average molecular weight is 391 g/mol. The largest absolute Gasteiger partial charge is 0.0654 e. The van der Waals surface area contributed by atoms with Crippen LogP contribution in [-0.2, 0) is 0 Å². The van der Waals surface area contributed by atoms with E-state index in [1.807, 2.05) is 0 Å². The first kappa shape index (κ1) is 24.3. The maximum atomic E-state index is 2.69. The van der Waals surface area contributed by atoms with Gasteiger partial charge >= 0.3 is 0 Å². The molecule has 5 atom stereocenters. The lowest BCUT2D eigenvalue weighted by molar-refractivity contribution is -0.0923. The quantitative estimate of drug-likeness (QED) is 0.244. The van der Waals surface area contributed by atoms with Gasteiger partial charge in [0, 0.05) is 0 Å². The van der Waals surface area contributed by atoms with Gasteiger partial charge < -0.3 is 0 Å². The van der Waals surface area contributed by atoms with E-state index in [4.69, 9.17) is 0 Å². The highest BCUT2D eigenvalue weighted by Crippen LogP contribution is 2.74. The first-order valence-corrected chi connectivity index (χ1v) is 13.5. The number of unbranched alkanes of at least 4 members (excludes halogenated alkanes) is 6. The van der Waals surface area contributed by atoms with E-state index in [0.717, 1.165) is 23.7 Å². The third-order valence-electron chi connectivity index (χ3n) is 9.63. The normalized spacial score (nSPS) is 32.6. The Balaban J connectivity index is 2.26. The lowest BCUT2D eigenvalue weighted by atomic mass is 9.47. The number of hydrogen-bond acceptors (Lipinski definition) is 0. The zero-order chi connectivity index (χ0) is 20.6. The summed E-state index contributed by atoms with van der Waals surface area (Å²) in [5, 5.41) is 0. The molecule has 5 unspecified atom stereocenters. The predicted molar refractivity (Wildman–Crippen MR) is 127 cm³/mol. The van der Waals surface area contributed by atoms with Crippen molar-refractivity contribution in [1.29, 1.82) is 0 Å². The van der Waals surface area contributed by atoms with Gasteiger partial charge in [0.15, 0.2) is 0 Å². The molecule has 0 N–H and O–H groups in total. The Kier molecular flexibility index (Phi) is 9.89. The predicted octanol–water partition coefficient (Wildman–Crippen LogP) is 9.81. The van der Waals surface area contributed by atoms with Crippen LogP contribution in [0, 0.1) is 34.5 Å². The van der Waals surface area contributed by atoms with Gasteiger partial charge in [0.2, 0.25) is 0 Å². The van der Waals surface area contributed by atoms with Gasteiger partial charge in [-0.1, -0.05) is 119 Å². The molecule has 166 valence electrons. The van der Waals surface area contributed by atoms with Crippen LogP contribution < -0.4 is 0 Å². The molecule has 0 nitrogen and oxygen atoms in total. The highest BCUT2D eigenvalue weighted by molar-refractivity contribution is 5.14. The lowest BCUT2D eigenvalue weighted by Gasteiger charge is -2.58. The van der Waals surface area contributed by atoms with Crippen molar-refractivity contribution in [2.24, 2.45) is 34.5 Å². The third-order valence-corrected chi connectivity index (χ3v) is 9.63. The topological polar surface area (TPSA) is 0 Å². The number of rotatable bonds is 15. The Morgan fingerprint density at radius 2 is 1.11 bits per heavy atom. The Morgan fingerprint density at radius 3 is 1.54 bits per heavy atom. The van der Waals surface area contributed by atoms with E-state index in [2.05, 4.69) is 41.5 Å². The van der Waals surface area contributed by atoms with Crippen LogP contribution in [0.2, 0.25) is 0 Å². The summed E-state index contributed by atoms with van der Waals surface area (Å²) in [7, 11) is 0. The summed E-state index contributed by atoms with van der Waals surface area (Å²) < 4.78 is 0. The summed E-state index contributed by atoms with van der Waals surface area (Å²) in [5.74, 6) is 3.84. The molecule has 0 aromatic carbocycles. The van der Waals surface area contributed by atoms with Crippen LogP contribution in [-0.4, -0.2) is 0 Å². The Hall–Kier alpha value is 0. The fraction of sp³-hybridized carbons (Fsp3) is 1.00. The van der Waals surface area contributed by atoms with Gasteiger partial charge in [-0.25, -0.2) is 0 Å². The van der Waals surface area contributed by atoms with Crippen LogP contribution in [0.15, 0.2) is 0 Å². The van der Waals surface area contributed by atoms with Crippen LogP contribution in [0.1, 0.15) is 144 Å². The van der Waals surface area contributed by atoms with E-state index < -0.39 is 0 Å². The molecule has 2 saturated carbocycles. The van der Waals surface area contributed by atoms with Crippen LogP contribution >= 0.6 is 0 Å². The first-order valence-electron chi connectivity index (χ1n) is 13.5. The van der Waals surface area contributed by atoms with Crippen molar-refractivity contribution >= 4 is 0 Å². The second-order valence-electron chi connectivity index (χ2n) is 11.2. The molecule has 28 heavy (non-hydrogen) atoms. The summed E-state index contributed by atoms with van der Waals surface area (Å²) in [6, 6.07) is 0. The zero-order valence-corrected chi connectivity index (χ0v) is 20.6. The van der Waals surface area contributed by atoms with Gasteiger partial charge in [0.05, 0.1) is 0 Å². The summed E-state index contributed by atoms with van der Waals surface area (Å²) in [4.78, 5) is 0. The monoisotopic (exact) mass is 390 g/mol. The Labute approximate surface area is 179 Å². The molecule has 0 spiro atoms. The van der Waals surface area contributed by atoms with Gasteiger partial charge in [0.1, 0.15) is 0 Å². The smallest absolute Gasteiger partial charge is 0.0184 e. The highest BCUT2D eigenvalue weighted by atomic mass is 14.7. The van der Waals surface area contributed by atoms with Gasteiger partial charge in [0.25, 0.3) is 0 Å². The molecule has 2 rings (SSSR count). The van der Waals surface area contributed by atoms with E-state index in [0.29, 0.717) is 10.8 Å². The molecule has 0 saturated heterocycles. The van der Waals surface area contributed by atoms with E-state index in [9.17, 15) is 0 Å². The van der Waals surface area contributed by atoms with Crippen LogP contribution in [0.5, 0.6) is 0 Å². The van der Waals surface area contributed by atoms with Gasteiger partial charge in [-0.15, -0.1) is 0 Å². The van der Waals surface area contributed by atoms with E-state index in [1.54, 1.807) is 25.7 Å². The SMILES string of the molecule is CCCCCC(C)C12CCC(C1)CC2(C(C)CCCCC)C(C)CCCCC. The summed E-state index contributed by atoms with van der Waals surface area (Å²) >= 11 is 0. The molecule has 2 fully saturated rings. The van der Waals surface area contributed by atoms with Crippen LogP contribution in [0.25, 0.3) is 0 Å². The van der Waals surface area contributed by atoms with Gasteiger partial charge in [-0.2, -0.15) is 0 Å². The zero-order valence-electron chi connectivity index (χ0n) is 20.6. The maximum absolute atomic E-state index is 2.69. The molecular weight excluding hydrogens is 336 g/mol. The summed E-state index contributed by atoms with van der Waals surface area (Å²) in [6.45, 7) is 15.1. The molecule has 0 radical (unpaired) electrons. The molecule has 0 heteroatoms. The molecular formula is C28H54. The van der Waals surface area contributed by atoms with E-state index in [1.165, 1.54) is 77.0 Å².